The van der Waals surface area contributed by atoms with Gasteiger partial charge in [-0.2, -0.15) is 0 Å². The maximum Gasteiger partial charge on any atom is 0.206 e. The van der Waals surface area contributed by atoms with E-state index >= 15 is 0 Å². The number of benzene rings is 7. The van der Waals surface area contributed by atoms with Crippen molar-refractivity contribution in [2.45, 2.75) is 58.1 Å². The predicted molar refractivity (Wildman–Crippen MR) is 224 cm³/mol. The van der Waals surface area contributed by atoms with E-state index < -0.39 is 19.7 Å². The number of anilines is 6. The van der Waals surface area contributed by atoms with E-state index in [4.69, 9.17) is 0 Å². The monoisotopic (exact) mass is 772 g/mol. The van der Waals surface area contributed by atoms with Gasteiger partial charge in [0, 0.05) is 22.2 Å². The van der Waals surface area contributed by atoms with Crippen LogP contribution in [0.1, 0.15) is 49.9 Å². The van der Waals surface area contributed by atoms with Gasteiger partial charge in [0.05, 0.1) is 42.3 Å². The molecule has 0 spiro atoms. The van der Waals surface area contributed by atoms with Crippen molar-refractivity contribution in [1.29, 1.82) is 0 Å². The van der Waals surface area contributed by atoms with E-state index in [1.165, 1.54) is 46.5 Å². The van der Waals surface area contributed by atoms with Crippen LogP contribution in [-0.4, -0.2) is 16.8 Å². The van der Waals surface area contributed by atoms with Crippen LogP contribution < -0.4 is 9.80 Å². The van der Waals surface area contributed by atoms with Gasteiger partial charge in [-0.15, -0.1) is 0 Å². The van der Waals surface area contributed by atoms with Gasteiger partial charge in [-0.1, -0.05) is 100 Å². The second-order valence-corrected chi connectivity index (χ2v) is 19.4. The van der Waals surface area contributed by atoms with Crippen molar-refractivity contribution >= 4 is 53.8 Å². The Morgan fingerprint density at radius 1 is 0.321 bits per heavy atom. The van der Waals surface area contributed by atoms with Crippen LogP contribution in [-0.2, 0) is 30.5 Å². The fourth-order valence-corrected chi connectivity index (χ4v) is 11.0. The van der Waals surface area contributed by atoms with Crippen molar-refractivity contribution in [1.82, 2.24) is 0 Å². The largest absolute Gasteiger partial charge is 0.310 e. The molecule has 0 aliphatic carbocycles. The topological polar surface area (TPSA) is 74.8 Å². The zero-order valence-corrected chi connectivity index (χ0v) is 33.1. The van der Waals surface area contributed by atoms with E-state index in [1.807, 2.05) is 72.8 Å². The van der Waals surface area contributed by atoms with E-state index in [0.717, 1.165) is 34.1 Å². The lowest BCUT2D eigenvalue weighted by Crippen LogP contribution is -2.30. The highest BCUT2D eigenvalue weighted by atomic mass is 32.2. The fourth-order valence-electron chi connectivity index (χ4n) is 8.51. The third kappa shape index (κ3) is 5.42. The van der Waals surface area contributed by atoms with E-state index in [2.05, 4.69) is 86.0 Å². The maximum absolute atomic E-state index is 13.9. The Balaban J connectivity index is 0.986. The number of hydrogen-bond acceptors (Lipinski definition) is 6. The van der Waals surface area contributed by atoms with Gasteiger partial charge in [-0.05, 0) is 119 Å². The normalized spacial score (nSPS) is 15.3. The number of nitrogens with zero attached hydrogens (tertiary/aromatic N) is 2. The quantitative estimate of drug-likeness (QED) is 0.168. The first-order valence-electron chi connectivity index (χ1n) is 18.6. The Hall–Kier alpha value is -5.96. The minimum atomic E-state index is -3.95. The Kier molecular flexibility index (Phi) is 8.16. The number of hydrogen-bond donors (Lipinski definition) is 0. The lowest BCUT2D eigenvalue weighted by atomic mass is 9.73. The first-order chi connectivity index (χ1) is 26.8. The highest BCUT2D eigenvalue weighted by molar-refractivity contribution is 7.92. The van der Waals surface area contributed by atoms with Gasteiger partial charge in [0.15, 0.2) is 0 Å². The lowest BCUT2D eigenvalue weighted by molar-refractivity contribution is 0.592. The summed E-state index contributed by atoms with van der Waals surface area (Å²) in [5.74, 6) is 0. The summed E-state index contributed by atoms with van der Waals surface area (Å²) in [5, 5.41) is 0. The summed E-state index contributed by atoms with van der Waals surface area (Å²) in [4.78, 5) is 4.61. The van der Waals surface area contributed by atoms with Gasteiger partial charge in [0.2, 0.25) is 19.7 Å². The Bertz CT molecular complexity index is 2580. The summed E-state index contributed by atoms with van der Waals surface area (Å²) in [7, 11) is -7.89. The SMILES string of the molecule is CC1(C)c2ccccc2N(c2ccc(S(=O)(=O)c3ccc(S(=O)(=O)c4ccc(N5c6ccccc6C(C)(C)c6ccccc65)cc4)cc3)cc2)c2ccccc21. The smallest absolute Gasteiger partial charge is 0.206 e. The molecule has 2 aliphatic heterocycles. The first-order valence-corrected chi connectivity index (χ1v) is 21.6. The molecule has 0 amide bonds. The molecule has 0 atom stereocenters. The van der Waals surface area contributed by atoms with Gasteiger partial charge < -0.3 is 9.80 Å². The zero-order valence-electron chi connectivity index (χ0n) is 31.5. The van der Waals surface area contributed by atoms with Crippen molar-refractivity contribution in [2.24, 2.45) is 0 Å². The van der Waals surface area contributed by atoms with Crippen LogP contribution in [0, 0.1) is 0 Å². The molecule has 0 unspecified atom stereocenters. The Morgan fingerprint density at radius 2 is 0.536 bits per heavy atom. The highest BCUT2D eigenvalue weighted by Crippen LogP contribution is 2.53. The zero-order chi connectivity index (χ0) is 39.0. The summed E-state index contributed by atoms with van der Waals surface area (Å²) in [6, 6.07) is 52.4. The Labute approximate surface area is 329 Å². The van der Waals surface area contributed by atoms with E-state index in [1.54, 1.807) is 24.3 Å². The van der Waals surface area contributed by atoms with Crippen LogP contribution >= 0.6 is 0 Å². The van der Waals surface area contributed by atoms with Crippen LogP contribution in [0.5, 0.6) is 0 Å². The molecule has 0 fully saturated rings. The molecule has 0 saturated carbocycles. The average molecular weight is 773 g/mol. The molecular weight excluding hydrogens is 733 g/mol. The van der Waals surface area contributed by atoms with Gasteiger partial charge >= 0.3 is 0 Å². The van der Waals surface area contributed by atoms with Gasteiger partial charge in [0.25, 0.3) is 0 Å². The van der Waals surface area contributed by atoms with Crippen LogP contribution in [0.4, 0.5) is 34.1 Å². The summed E-state index contributed by atoms with van der Waals surface area (Å²) >= 11 is 0. The van der Waals surface area contributed by atoms with Crippen molar-refractivity contribution in [2.75, 3.05) is 9.80 Å². The maximum atomic E-state index is 13.9. The van der Waals surface area contributed by atoms with Crippen molar-refractivity contribution in [3.8, 4) is 0 Å². The second kappa shape index (κ2) is 12.8. The molecule has 278 valence electrons. The van der Waals surface area contributed by atoms with Crippen molar-refractivity contribution in [3.63, 3.8) is 0 Å². The molecule has 0 saturated heterocycles. The third-order valence-electron chi connectivity index (χ3n) is 11.5. The number of sulfone groups is 2. The fraction of sp³-hybridized carbons (Fsp3) is 0.125. The first kappa shape index (κ1) is 35.7. The molecule has 7 aromatic carbocycles. The van der Waals surface area contributed by atoms with Crippen LogP contribution in [0.2, 0.25) is 0 Å². The summed E-state index contributed by atoms with van der Waals surface area (Å²) in [6.45, 7) is 8.89. The Morgan fingerprint density at radius 3 is 0.786 bits per heavy atom. The number of rotatable bonds is 6. The number of para-hydroxylation sites is 4. The van der Waals surface area contributed by atoms with Gasteiger partial charge in [-0.3, -0.25) is 0 Å². The minimum absolute atomic E-state index is 0.0142. The molecule has 0 bridgehead atoms. The molecule has 2 aliphatic rings. The predicted octanol–water partition coefficient (Wildman–Crippen LogP) is 11.6. The standard InChI is InChI=1S/C48H40N2O4S2/c1-47(2)39-13-5-9-17-43(39)49(44-18-10-6-14-40(44)47)33-21-25-35(26-22-33)55(51,52)37-29-31-38(32-30-37)56(53,54)36-27-23-34(24-28-36)50-45-19-11-7-15-41(45)48(3,4)42-16-8-12-20-46(42)50/h5-32H,1-4H3. The molecule has 7 aromatic rings. The molecule has 0 radical (unpaired) electrons. The third-order valence-corrected chi connectivity index (χ3v) is 15.1. The van der Waals surface area contributed by atoms with Crippen molar-refractivity contribution in [3.05, 3.63) is 192 Å². The van der Waals surface area contributed by atoms with Gasteiger partial charge in [0.1, 0.15) is 0 Å². The molecule has 0 N–H and O–H groups in total. The highest BCUT2D eigenvalue weighted by Gasteiger charge is 2.38. The molecule has 2 heterocycles. The van der Waals surface area contributed by atoms with E-state index in [9.17, 15) is 16.8 Å². The summed E-state index contributed by atoms with van der Waals surface area (Å²) in [6.07, 6.45) is 0. The molecule has 6 nitrogen and oxygen atoms in total. The molecule has 0 aromatic heterocycles. The van der Waals surface area contributed by atoms with Gasteiger partial charge in [-0.25, -0.2) is 16.8 Å². The van der Waals surface area contributed by atoms with E-state index in [0.29, 0.717) is 0 Å². The van der Waals surface area contributed by atoms with Crippen LogP contribution in [0.25, 0.3) is 0 Å². The molecule has 56 heavy (non-hydrogen) atoms. The summed E-state index contributed by atoms with van der Waals surface area (Å²) < 4.78 is 55.5. The average Bonchev–Trinajstić information content (AvgIpc) is 3.22. The second-order valence-electron chi connectivity index (χ2n) is 15.5. The molecule has 9 rings (SSSR count). The van der Waals surface area contributed by atoms with Crippen LogP contribution in [0.3, 0.4) is 0 Å². The van der Waals surface area contributed by atoms with Crippen molar-refractivity contribution < 1.29 is 16.8 Å². The minimum Gasteiger partial charge on any atom is -0.310 e. The lowest BCUT2D eigenvalue weighted by Gasteiger charge is -2.42. The summed E-state index contributed by atoms with van der Waals surface area (Å²) in [5.41, 5.74) is 10.2. The molecular formula is C48H40N2O4S2. The number of fused-ring (bicyclic) bond motifs is 4. The van der Waals surface area contributed by atoms with Crippen LogP contribution in [0.15, 0.2) is 189 Å². The molecule has 8 heteroatoms. The van der Waals surface area contributed by atoms with E-state index in [-0.39, 0.29) is 30.4 Å².